The molecule has 0 aliphatic heterocycles. The maximum absolute atomic E-state index is 13.9. The fourth-order valence-electron chi connectivity index (χ4n) is 4.24. The van der Waals surface area contributed by atoms with Crippen molar-refractivity contribution in [2.75, 3.05) is 25.1 Å². The van der Waals surface area contributed by atoms with Crippen LogP contribution in [0.1, 0.15) is 26.1 Å². The molecule has 0 aliphatic carbocycles. The second-order valence-electron chi connectivity index (χ2n) is 9.13. The lowest BCUT2D eigenvalue weighted by molar-refractivity contribution is -0.199. The number of hydrogen-bond acceptors (Lipinski definition) is 9. The number of para-hydroxylation sites is 2. The van der Waals surface area contributed by atoms with Crippen molar-refractivity contribution in [1.82, 2.24) is 14.5 Å². The predicted octanol–water partition coefficient (Wildman–Crippen LogP) is 5.88. The summed E-state index contributed by atoms with van der Waals surface area (Å²) in [6, 6.07) is 15.7. The average molecular weight is 595 g/mol. The van der Waals surface area contributed by atoms with Crippen molar-refractivity contribution in [2.24, 2.45) is 0 Å². The van der Waals surface area contributed by atoms with E-state index in [-0.39, 0.29) is 37.3 Å². The summed E-state index contributed by atoms with van der Waals surface area (Å²) in [4.78, 5) is 20.2. The summed E-state index contributed by atoms with van der Waals surface area (Å²) in [6.45, 7) is 3.72. The van der Waals surface area contributed by atoms with Crippen LogP contribution < -0.4 is 10.3 Å². The van der Waals surface area contributed by atoms with Crippen LogP contribution in [0.25, 0.3) is 21.9 Å². The van der Waals surface area contributed by atoms with Gasteiger partial charge in [0.2, 0.25) is 0 Å². The van der Waals surface area contributed by atoms with Gasteiger partial charge in [0.05, 0.1) is 36.5 Å². The van der Waals surface area contributed by atoms with Crippen LogP contribution in [0.3, 0.4) is 0 Å². The van der Waals surface area contributed by atoms with Gasteiger partial charge in [-0.1, -0.05) is 36.4 Å². The number of halogens is 3. The average Bonchev–Trinajstić information content (AvgIpc) is 3.28. The van der Waals surface area contributed by atoms with E-state index >= 15 is 0 Å². The molecule has 0 bridgehead atoms. The van der Waals surface area contributed by atoms with Crippen LogP contribution in [0.15, 0.2) is 54.6 Å². The Bertz CT molecular complexity index is 1550. The van der Waals surface area contributed by atoms with Crippen LogP contribution in [-0.4, -0.2) is 52.2 Å². The molecule has 2 aromatic carbocycles. The van der Waals surface area contributed by atoms with Crippen LogP contribution in [0.5, 0.6) is 5.75 Å². The van der Waals surface area contributed by atoms with Gasteiger partial charge in [-0.25, -0.2) is 19.3 Å². The Morgan fingerprint density at radius 1 is 1.10 bits per heavy atom. The highest BCUT2D eigenvalue weighted by Crippen LogP contribution is 2.50. The highest BCUT2D eigenvalue weighted by Gasteiger charge is 2.41. The van der Waals surface area contributed by atoms with Crippen molar-refractivity contribution in [3.63, 3.8) is 0 Å². The fraction of sp³-hybridized carbons (Fsp3) is 0.370. The van der Waals surface area contributed by atoms with E-state index in [0.717, 1.165) is 5.39 Å². The smallest absolute Gasteiger partial charge is 0.459 e. The van der Waals surface area contributed by atoms with Crippen LogP contribution >= 0.6 is 7.60 Å². The van der Waals surface area contributed by atoms with Crippen molar-refractivity contribution in [3.05, 3.63) is 60.4 Å². The maximum Gasteiger partial charge on any atom is 0.490 e. The van der Waals surface area contributed by atoms with Gasteiger partial charge in [-0.3, -0.25) is 4.52 Å². The van der Waals surface area contributed by atoms with Crippen molar-refractivity contribution in [3.8, 4) is 5.75 Å². The van der Waals surface area contributed by atoms with Gasteiger partial charge in [0, 0.05) is 12.0 Å². The number of benzene rings is 2. The lowest BCUT2D eigenvalue weighted by Crippen LogP contribution is -2.26. The number of carbonyl (C=O) groups is 1. The van der Waals surface area contributed by atoms with Crippen LogP contribution in [0, 0.1) is 0 Å². The zero-order valence-electron chi connectivity index (χ0n) is 22.5. The molecule has 2 N–H and O–H groups in total. The van der Waals surface area contributed by atoms with E-state index in [9.17, 15) is 22.5 Å². The van der Waals surface area contributed by atoms with Gasteiger partial charge in [-0.05, 0) is 38.5 Å². The van der Waals surface area contributed by atoms with Gasteiger partial charge >= 0.3 is 19.7 Å². The lowest BCUT2D eigenvalue weighted by Gasteiger charge is -2.24. The molecule has 2 heterocycles. The topological polar surface area (TPSA) is 128 Å². The highest BCUT2D eigenvalue weighted by atomic mass is 31.2. The van der Waals surface area contributed by atoms with Crippen LogP contribution in [0.4, 0.5) is 19.0 Å². The third-order valence-electron chi connectivity index (χ3n) is 5.93. The highest BCUT2D eigenvalue weighted by molar-refractivity contribution is 7.54. The fourth-order valence-corrected chi connectivity index (χ4v) is 6.05. The van der Waals surface area contributed by atoms with Gasteiger partial charge < -0.3 is 24.3 Å². The molecular formula is C27H30F3N4O6P. The summed E-state index contributed by atoms with van der Waals surface area (Å²) in [6.07, 6.45) is -6.33. The lowest BCUT2D eigenvalue weighted by atomic mass is 10.2. The number of aromatic nitrogens is 3. The number of carbonyl (C=O) groups excluding carboxylic acids is 1. The molecule has 41 heavy (non-hydrogen) atoms. The molecule has 0 saturated carbocycles. The number of nitrogen functional groups attached to an aromatic ring is 1. The van der Waals surface area contributed by atoms with Gasteiger partial charge in [-0.2, -0.15) is 13.2 Å². The van der Waals surface area contributed by atoms with E-state index < -0.39 is 32.5 Å². The largest absolute Gasteiger partial charge is 0.490 e. The number of pyridine rings is 1. The monoisotopic (exact) mass is 594 g/mol. The van der Waals surface area contributed by atoms with Crippen LogP contribution in [0.2, 0.25) is 0 Å². The Morgan fingerprint density at radius 2 is 1.80 bits per heavy atom. The quantitative estimate of drug-likeness (QED) is 0.115. The molecule has 0 fully saturated rings. The van der Waals surface area contributed by atoms with E-state index in [0.29, 0.717) is 29.0 Å². The van der Waals surface area contributed by atoms with E-state index in [1.54, 1.807) is 37.3 Å². The molecule has 0 saturated heterocycles. The molecule has 0 spiro atoms. The molecule has 14 heteroatoms. The van der Waals surface area contributed by atoms with Crippen molar-refractivity contribution < 1.29 is 41.1 Å². The zero-order valence-corrected chi connectivity index (χ0v) is 23.4. The summed E-state index contributed by atoms with van der Waals surface area (Å²) in [5.74, 6) is -1.26. The SMILES string of the molecule is CCOCc1nc2c(N)nc3ccccc3c2n1C[C@H](C)O[P@@](=O)(CCCOC(=O)C(F)(F)F)Oc1ccccc1. The van der Waals surface area contributed by atoms with Gasteiger partial charge in [-0.15, -0.1) is 0 Å². The van der Waals surface area contributed by atoms with E-state index in [4.69, 9.17) is 19.5 Å². The maximum atomic E-state index is 13.9. The number of esters is 1. The number of nitrogens with zero attached hydrogens (tertiary/aromatic N) is 3. The number of fused-ring (bicyclic) bond motifs is 3. The Hall–Kier alpha value is -3.67. The first-order valence-corrected chi connectivity index (χ1v) is 14.6. The first-order chi connectivity index (χ1) is 19.5. The number of ether oxygens (including phenoxy) is 2. The minimum atomic E-state index is -5.12. The van der Waals surface area contributed by atoms with Crippen LogP contribution in [-0.2, 0) is 36.5 Å². The molecule has 2 aromatic heterocycles. The van der Waals surface area contributed by atoms with Crippen molar-refractivity contribution in [2.45, 2.75) is 45.7 Å². The minimum Gasteiger partial charge on any atom is -0.459 e. The zero-order chi connectivity index (χ0) is 29.6. The van der Waals surface area contributed by atoms with E-state index in [1.807, 2.05) is 35.8 Å². The van der Waals surface area contributed by atoms with E-state index in [2.05, 4.69) is 14.7 Å². The van der Waals surface area contributed by atoms with Crippen molar-refractivity contribution in [1.29, 1.82) is 0 Å². The van der Waals surface area contributed by atoms with Crippen molar-refractivity contribution >= 4 is 41.3 Å². The number of hydrogen-bond donors (Lipinski definition) is 1. The molecule has 0 amide bonds. The Labute approximate surface area is 234 Å². The standard InChI is InChI=1S/C27H30F3N4O6P/c1-3-37-17-22-33-23-24(20-12-7-8-13-21(20)32-25(23)31)34(22)16-18(2)39-41(36,40-19-10-5-4-6-11-19)15-9-14-38-26(35)27(28,29)30/h4-8,10-13,18H,3,9,14-17H2,1-2H3,(H2,31,32)/t18-,41-/m0/s1. The third-order valence-corrected chi connectivity index (χ3v) is 7.97. The summed E-state index contributed by atoms with van der Waals surface area (Å²) in [5, 5.41) is 0.800. The van der Waals surface area contributed by atoms with E-state index in [1.165, 1.54) is 0 Å². The minimum absolute atomic E-state index is 0.164. The molecular weight excluding hydrogens is 564 g/mol. The Morgan fingerprint density at radius 3 is 2.51 bits per heavy atom. The molecule has 0 radical (unpaired) electrons. The summed E-state index contributed by atoms with van der Waals surface area (Å²) in [5.41, 5.74) is 8.10. The second kappa shape index (κ2) is 12.9. The normalized spacial score (nSPS) is 14.2. The Balaban J connectivity index is 1.60. The number of anilines is 1. The predicted molar refractivity (Wildman–Crippen MR) is 146 cm³/mol. The molecule has 0 aliphatic rings. The molecule has 220 valence electrons. The van der Waals surface area contributed by atoms with Gasteiger partial charge in [0.15, 0.2) is 5.82 Å². The molecule has 10 nitrogen and oxygen atoms in total. The third kappa shape index (κ3) is 7.55. The molecule has 2 atom stereocenters. The molecule has 4 rings (SSSR count). The number of nitrogens with two attached hydrogens (primary N) is 1. The summed E-state index contributed by atoms with van der Waals surface area (Å²) < 4.78 is 74.8. The number of imidazole rings is 1. The summed E-state index contributed by atoms with van der Waals surface area (Å²) >= 11 is 0. The van der Waals surface area contributed by atoms with Gasteiger partial charge in [0.1, 0.15) is 23.7 Å². The first-order valence-electron chi connectivity index (χ1n) is 12.9. The molecule has 0 unspecified atom stereocenters. The Kier molecular flexibility index (Phi) is 9.52. The number of alkyl halides is 3. The first kappa shape index (κ1) is 30.3. The molecule has 4 aromatic rings. The number of rotatable bonds is 13. The summed E-state index contributed by atoms with van der Waals surface area (Å²) in [7, 11) is -3.95. The van der Waals surface area contributed by atoms with Gasteiger partial charge in [0.25, 0.3) is 0 Å². The second-order valence-corrected chi connectivity index (χ2v) is 11.2.